The molecule has 3 rings (SSSR count). The Morgan fingerprint density at radius 2 is 2.09 bits per heavy atom. The first-order chi connectivity index (χ1) is 15.9. The van der Waals surface area contributed by atoms with E-state index in [-0.39, 0.29) is 37.7 Å². The predicted molar refractivity (Wildman–Crippen MR) is 132 cm³/mol. The molecule has 1 N–H and O–H groups in total. The number of aliphatic hydroxyl groups is 1. The number of benzene rings is 1. The molecule has 6 nitrogen and oxygen atoms in total. The van der Waals surface area contributed by atoms with Gasteiger partial charge in [0.25, 0.3) is 0 Å². The SMILES string of the molecule is C#CCOC[C@H](O)CN(CC(=O)N1CCc2sccc2[C@H]1COc1ccc(C)cc1)C(C)C. The minimum atomic E-state index is -0.709. The van der Waals surface area contributed by atoms with Gasteiger partial charge in [-0.05, 0) is 56.3 Å². The van der Waals surface area contributed by atoms with Crippen LogP contribution < -0.4 is 4.74 Å². The molecule has 0 saturated heterocycles. The van der Waals surface area contributed by atoms with Crippen molar-refractivity contribution in [1.82, 2.24) is 9.80 Å². The number of aryl methyl sites for hydroxylation is 1. The third kappa shape index (κ3) is 7.05. The molecule has 2 aromatic rings. The second kappa shape index (κ2) is 12.2. The van der Waals surface area contributed by atoms with Crippen molar-refractivity contribution >= 4 is 17.2 Å². The monoisotopic (exact) mass is 470 g/mol. The van der Waals surface area contributed by atoms with Crippen LogP contribution in [0.15, 0.2) is 35.7 Å². The number of ether oxygens (including phenoxy) is 2. The summed E-state index contributed by atoms with van der Waals surface area (Å²) in [4.78, 5) is 18.7. The molecular formula is C26H34N2O4S. The highest BCUT2D eigenvalue weighted by molar-refractivity contribution is 7.10. The summed E-state index contributed by atoms with van der Waals surface area (Å²) in [5.41, 5.74) is 2.35. The fourth-order valence-corrected chi connectivity index (χ4v) is 4.91. The highest BCUT2D eigenvalue weighted by Gasteiger charge is 2.33. The maximum Gasteiger partial charge on any atom is 0.237 e. The van der Waals surface area contributed by atoms with Crippen LogP contribution in [-0.4, -0.2) is 72.4 Å². The van der Waals surface area contributed by atoms with Crippen molar-refractivity contribution in [2.75, 3.05) is 39.5 Å². The lowest BCUT2D eigenvalue weighted by Gasteiger charge is -2.38. The van der Waals surface area contributed by atoms with E-state index < -0.39 is 6.10 Å². The maximum absolute atomic E-state index is 13.4. The number of carbonyl (C=O) groups excluding carboxylic acids is 1. The van der Waals surface area contributed by atoms with Crippen LogP contribution in [0, 0.1) is 19.3 Å². The summed E-state index contributed by atoms with van der Waals surface area (Å²) in [5, 5.41) is 12.4. The van der Waals surface area contributed by atoms with E-state index in [2.05, 4.69) is 17.4 Å². The average molecular weight is 471 g/mol. The molecule has 1 amide bonds. The normalized spacial score (nSPS) is 16.5. The molecule has 0 saturated carbocycles. The third-order valence-electron chi connectivity index (χ3n) is 5.85. The average Bonchev–Trinajstić information content (AvgIpc) is 3.27. The van der Waals surface area contributed by atoms with E-state index in [0.717, 1.165) is 12.2 Å². The Labute approximate surface area is 201 Å². The van der Waals surface area contributed by atoms with E-state index >= 15 is 0 Å². The second-order valence-electron chi connectivity index (χ2n) is 8.67. The van der Waals surface area contributed by atoms with Gasteiger partial charge in [-0.15, -0.1) is 17.8 Å². The molecule has 1 aliphatic heterocycles. The van der Waals surface area contributed by atoms with Crippen molar-refractivity contribution in [3.63, 3.8) is 0 Å². The summed E-state index contributed by atoms with van der Waals surface area (Å²) in [5.74, 6) is 3.23. The summed E-state index contributed by atoms with van der Waals surface area (Å²) in [6.07, 6.45) is 5.34. The smallest absolute Gasteiger partial charge is 0.237 e. The Balaban J connectivity index is 1.68. The fourth-order valence-electron chi connectivity index (χ4n) is 3.98. The Morgan fingerprint density at radius 1 is 1.33 bits per heavy atom. The van der Waals surface area contributed by atoms with Gasteiger partial charge in [0.05, 0.1) is 25.3 Å². The Kier molecular flexibility index (Phi) is 9.33. The molecule has 178 valence electrons. The number of nitrogens with zero attached hydrogens (tertiary/aromatic N) is 2. The van der Waals surface area contributed by atoms with Gasteiger partial charge in [0, 0.05) is 24.0 Å². The van der Waals surface area contributed by atoms with Crippen molar-refractivity contribution < 1.29 is 19.4 Å². The van der Waals surface area contributed by atoms with Crippen molar-refractivity contribution in [2.24, 2.45) is 0 Å². The van der Waals surface area contributed by atoms with E-state index in [4.69, 9.17) is 15.9 Å². The number of aliphatic hydroxyl groups excluding tert-OH is 1. The van der Waals surface area contributed by atoms with Crippen molar-refractivity contribution in [2.45, 2.75) is 45.4 Å². The van der Waals surface area contributed by atoms with Crippen LogP contribution in [0.5, 0.6) is 5.75 Å². The van der Waals surface area contributed by atoms with Gasteiger partial charge in [-0.3, -0.25) is 9.69 Å². The molecule has 0 radical (unpaired) electrons. The predicted octanol–water partition coefficient (Wildman–Crippen LogP) is 3.28. The second-order valence-corrected chi connectivity index (χ2v) is 9.67. The Morgan fingerprint density at radius 3 is 2.79 bits per heavy atom. The van der Waals surface area contributed by atoms with Crippen molar-refractivity contribution in [3.05, 3.63) is 51.7 Å². The summed E-state index contributed by atoms with van der Waals surface area (Å²) in [7, 11) is 0. The van der Waals surface area contributed by atoms with Crippen LogP contribution in [-0.2, 0) is 16.0 Å². The zero-order valence-corrected chi connectivity index (χ0v) is 20.5. The van der Waals surface area contributed by atoms with E-state index in [0.29, 0.717) is 19.7 Å². The maximum atomic E-state index is 13.4. The van der Waals surface area contributed by atoms with Gasteiger partial charge in [0.15, 0.2) is 0 Å². The Bertz CT molecular complexity index is 935. The summed E-state index contributed by atoms with van der Waals surface area (Å²) in [6.45, 7) is 8.04. The van der Waals surface area contributed by atoms with Gasteiger partial charge < -0.3 is 19.5 Å². The summed E-state index contributed by atoms with van der Waals surface area (Å²) in [6, 6.07) is 10.0. The van der Waals surface area contributed by atoms with Crippen LogP contribution in [0.2, 0.25) is 0 Å². The van der Waals surface area contributed by atoms with E-state index in [1.165, 1.54) is 16.0 Å². The number of hydrogen-bond donors (Lipinski definition) is 1. The minimum absolute atomic E-state index is 0.0369. The number of thiophene rings is 1. The molecule has 1 aromatic heterocycles. The first-order valence-electron chi connectivity index (χ1n) is 11.4. The minimum Gasteiger partial charge on any atom is -0.491 e. The van der Waals surface area contributed by atoms with Gasteiger partial charge in [-0.2, -0.15) is 0 Å². The van der Waals surface area contributed by atoms with Crippen LogP contribution in [0.3, 0.4) is 0 Å². The van der Waals surface area contributed by atoms with E-state index in [1.807, 2.05) is 54.8 Å². The molecule has 0 aliphatic carbocycles. The summed E-state index contributed by atoms with van der Waals surface area (Å²) < 4.78 is 11.4. The largest absolute Gasteiger partial charge is 0.491 e. The molecule has 0 unspecified atom stereocenters. The molecule has 0 bridgehead atoms. The van der Waals surface area contributed by atoms with Gasteiger partial charge in [0.2, 0.25) is 5.91 Å². The number of amides is 1. The van der Waals surface area contributed by atoms with Gasteiger partial charge in [-0.25, -0.2) is 0 Å². The van der Waals surface area contributed by atoms with Crippen LogP contribution in [0.4, 0.5) is 0 Å². The van der Waals surface area contributed by atoms with Crippen LogP contribution in [0.1, 0.15) is 35.9 Å². The zero-order valence-electron chi connectivity index (χ0n) is 19.7. The molecule has 2 atom stereocenters. The quantitative estimate of drug-likeness (QED) is 0.403. The van der Waals surface area contributed by atoms with E-state index in [1.54, 1.807) is 11.3 Å². The molecular weight excluding hydrogens is 436 g/mol. The Hall–Kier alpha value is -2.37. The molecule has 33 heavy (non-hydrogen) atoms. The molecule has 1 aromatic carbocycles. The molecule has 7 heteroatoms. The lowest BCUT2D eigenvalue weighted by atomic mass is 10.00. The molecule has 2 heterocycles. The summed E-state index contributed by atoms with van der Waals surface area (Å²) >= 11 is 1.74. The lowest BCUT2D eigenvalue weighted by Crippen LogP contribution is -2.49. The number of rotatable bonds is 11. The number of fused-ring (bicyclic) bond motifs is 1. The highest BCUT2D eigenvalue weighted by Crippen LogP contribution is 2.34. The molecule has 0 fully saturated rings. The molecule has 0 spiro atoms. The standard InChI is InChI=1S/C26H34N2O4S/c1-5-13-31-17-21(29)15-27(19(2)3)16-26(30)28-12-10-25-23(11-14-33-25)24(28)18-32-22-8-6-20(4)7-9-22/h1,6-9,11,14,19,21,24,29H,10,12-13,15-18H2,2-4H3/t21-,24-/m1/s1. The lowest BCUT2D eigenvalue weighted by molar-refractivity contribution is -0.137. The highest BCUT2D eigenvalue weighted by atomic mass is 32.1. The van der Waals surface area contributed by atoms with Gasteiger partial charge in [-0.1, -0.05) is 23.6 Å². The first-order valence-corrected chi connectivity index (χ1v) is 12.3. The van der Waals surface area contributed by atoms with Crippen LogP contribution in [0.25, 0.3) is 0 Å². The van der Waals surface area contributed by atoms with Crippen molar-refractivity contribution in [3.8, 4) is 18.1 Å². The van der Waals surface area contributed by atoms with Crippen LogP contribution >= 0.6 is 11.3 Å². The zero-order chi connectivity index (χ0) is 23.8. The number of hydrogen-bond acceptors (Lipinski definition) is 6. The first kappa shape index (κ1) is 25.3. The fraction of sp³-hybridized carbons (Fsp3) is 0.500. The molecule has 1 aliphatic rings. The van der Waals surface area contributed by atoms with E-state index in [9.17, 15) is 9.90 Å². The third-order valence-corrected chi connectivity index (χ3v) is 6.85. The number of terminal acetylenes is 1. The number of carbonyl (C=O) groups is 1. The van der Waals surface area contributed by atoms with Crippen molar-refractivity contribution in [1.29, 1.82) is 0 Å². The van der Waals surface area contributed by atoms with Gasteiger partial charge in [0.1, 0.15) is 19.0 Å². The topological polar surface area (TPSA) is 62.2 Å². The van der Waals surface area contributed by atoms with Gasteiger partial charge >= 0.3 is 0 Å².